The maximum Gasteiger partial charge on any atom is 0.0209 e. The normalized spacial score (nSPS) is 45.4. The Bertz CT molecular complexity index is 249. The summed E-state index contributed by atoms with van der Waals surface area (Å²) in [6.07, 6.45) is 7.12. The first-order chi connectivity index (χ1) is 7.74. The van der Waals surface area contributed by atoms with Gasteiger partial charge in [-0.15, -0.1) is 0 Å². The van der Waals surface area contributed by atoms with Gasteiger partial charge in [-0.3, -0.25) is 4.90 Å². The smallest absolute Gasteiger partial charge is 0.0209 e. The Morgan fingerprint density at radius 1 is 0.938 bits per heavy atom. The van der Waals surface area contributed by atoms with Gasteiger partial charge in [-0.25, -0.2) is 0 Å². The van der Waals surface area contributed by atoms with Crippen LogP contribution in [0.15, 0.2) is 0 Å². The number of hydrogen-bond acceptors (Lipinski definition) is 2. The van der Waals surface area contributed by atoms with Crippen LogP contribution in [-0.4, -0.2) is 36.1 Å². The molecule has 4 unspecified atom stereocenters. The molecule has 1 heterocycles. The second kappa shape index (κ2) is 4.30. The third-order valence-corrected chi connectivity index (χ3v) is 5.16. The maximum atomic E-state index is 3.79. The van der Waals surface area contributed by atoms with E-state index in [0.717, 1.165) is 30.0 Å². The first kappa shape index (κ1) is 11.0. The summed E-state index contributed by atoms with van der Waals surface area (Å²) in [7, 11) is 0. The zero-order valence-corrected chi connectivity index (χ0v) is 10.8. The van der Waals surface area contributed by atoms with E-state index in [0.29, 0.717) is 0 Å². The lowest BCUT2D eigenvalue weighted by Crippen LogP contribution is -2.39. The topological polar surface area (TPSA) is 15.3 Å². The van der Waals surface area contributed by atoms with Crippen molar-refractivity contribution in [2.75, 3.05) is 13.1 Å². The largest absolute Gasteiger partial charge is 0.310 e. The third kappa shape index (κ3) is 2.14. The van der Waals surface area contributed by atoms with Gasteiger partial charge in [0.25, 0.3) is 0 Å². The Balaban J connectivity index is 1.52. The van der Waals surface area contributed by atoms with E-state index in [4.69, 9.17) is 0 Å². The molecule has 1 aliphatic heterocycles. The fourth-order valence-corrected chi connectivity index (χ4v) is 3.66. The quantitative estimate of drug-likeness (QED) is 0.788. The molecule has 1 N–H and O–H groups in total. The predicted molar refractivity (Wildman–Crippen MR) is 67.5 cm³/mol. The van der Waals surface area contributed by atoms with E-state index in [1.807, 2.05) is 0 Å². The Morgan fingerprint density at radius 3 is 2.38 bits per heavy atom. The summed E-state index contributed by atoms with van der Waals surface area (Å²) in [4.78, 5) is 2.77. The van der Waals surface area contributed by atoms with Gasteiger partial charge in [-0.1, -0.05) is 13.8 Å². The van der Waals surface area contributed by atoms with Crippen molar-refractivity contribution >= 4 is 0 Å². The highest BCUT2D eigenvalue weighted by Crippen LogP contribution is 2.36. The minimum Gasteiger partial charge on any atom is -0.310 e. The van der Waals surface area contributed by atoms with Crippen molar-refractivity contribution in [1.82, 2.24) is 10.2 Å². The van der Waals surface area contributed by atoms with E-state index in [1.54, 1.807) is 0 Å². The fraction of sp³-hybridized carbons (Fsp3) is 1.00. The van der Waals surface area contributed by atoms with E-state index >= 15 is 0 Å². The Kier molecular flexibility index (Phi) is 2.97. The maximum absolute atomic E-state index is 3.79. The lowest BCUT2D eigenvalue weighted by atomic mass is 9.97. The van der Waals surface area contributed by atoms with Gasteiger partial charge in [0.1, 0.15) is 0 Å². The molecular weight excluding hydrogens is 196 g/mol. The van der Waals surface area contributed by atoms with Gasteiger partial charge in [0.05, 0.1) is 0 Å². The molecule has 92 valence electrons. The van der Waals surface area contributed by atoms with Crippen LogP contribution in [0.1, 0.15) is 46.0 Å². The second-order valence-corrected chi connectivity index (χ2v) is 6.40. The number of rotatable bonds is 3. The SMILES string of the molecule is CC1CCC(N2CCC(NC3CC3)C2)C1C. The first-order valence-corrected chi connectivity index (χ1v) is 7.24. The van der Waals surface area contributed by atoms with Crippen molar-refractivity contribution in [2.45, 2.75) is 64.1 Å². The standard InChI is InChI=1S/C14H26N2/c1-10-3-6-14(11(10)2)16-8-7-13(9-16)15-12-4-5-12/h10-15H,3-9H2,1-2H3. The van der Waals surface area contributed by atoms with Crippen LogP contribution >= 0.6 is 0 Å². The molecular formula is C14H26N2. The van der Waals surface area contributed by atoms with Crippen molar-refractivity contribution in [3.05, 3.63) is 0 Å². The summed E-state index contributed by atoms with van der Waals surface area (Å²) < 4.78 is 0. The molecule has 0 spiro atoms. The van der Waals surface area contributed by atoms with E-state index in [1.165, 1.54) is 45.2 Å². The molecule has 4 atom stereocenters. The number of likely N-dealkylation sites (tertiary alicyclic amines) is 1. The minimum atomic E-state index is 0.801. The van der Waals surface area contributed by atoms with Crippen molar-refractivity contribution < 1.29 is 0 Å². The van der Waals surface area contributed by atoms with Crippen LogP contribution in [-0.2, 0) is 0 Å². The second-order valence-electron chi connectivity index (χ2n) is 6.40. The molecule has 2 heteroatoms. The Labute approximate surface area is 99.8 Å². The number of hydrogen-bond donors (Lipinski definition) is 1. The van der Waals surface area contributed by atoms with Crippen LogP contribution in [0.2, 0.25) is 0 Å². The highest BCUT2D eigenvalue weighted by Gasteiger charge is 2.38. The molecule has 3 fully saturated rings. The molecule has 2 saturated carbocycles. The molecule has 3 rings (SSSR count). The molecule has 3 aliphatic rings. The lowest BCUT2D eigenvalue weighted by molar-refractivity contribution is 0.188. The van der Waals surface area contributed by atoms with Crippen molar-refractivity contribution in [3.63, 3.8) is 0 Å². The van der Waals surface area contributed by atoms with Crippen LogP contribution < -0.4 is 5.32 Å². The van der Waals surface area contributed by atoms with Gasteiger partial charge in [0.15, 0.2) is 0 Å². The van der Waals surface area contributed by atoms with Gasteiger partial charge in [0, 0.05) is 31.2 Å². The summed E-state index contributed by atoms with van der Waals surface area (Å²) in [6, 6.07) is 2.57. The average Bonchev–Trinajstić information content (AvgIpc) is 2.86. The van der Waals surface area contributed by atoms with Gasteiger partial charge in [0.2, 0.25) is 0 Å². The summed E-state index contributed by atoms with van der Waals surface area (Å²) in [5.41, 5.74) is 0. The van der Waals surface area contributed by atoms with Crippen LogP contribution in [0.5, 0.6) is 0 Å². The lowest BCUT2D eigenvalue weighted by Gasteiger charge is -2.28. The third-order valence-electron chi connectivity index (χ3n) is 5.16. The van der Waals surface area contributed by atoms with Gasteiger partial charge < -0.3 is 5.32 Å². The summed E-state index contributed by atoms with van der Waals surface area (Å²) in [6.45, 7) is 7.55. The molecule has 0 aromatic rings. The Morgan fingerprint density at radius 2 is 1.75 bits per heavy atom. The highest BCUT2D eigenvalue weighted by atomic mass is 15.2. The summed E-state index contributed by atoms with van der Waals surface area (Å²) in [5.74, 6) is 1.86. The van der Waals surface area contributed by atoms with Crippen molar-refractivity contribution in [1.29, 1.82) is 0 Å². The molecule has 2 aliphatic carbocycles. The van der Waals surface area contributed by atoms with Crippen LogP contribution in [0, 0.1) is 11.8 Å². The zero-order chi connectivity index (χ0) is 11.1. The number of nitrogens with one attached hydrogen (secondary N) is 1. The monoisotopic (exact) mass is 222 g/mol. The minimum absolute atomic E-state index is 0.801. The predicted octanol–water partition coefficient (Wildman–Crippen LogP) is 2.25. The van der Waals surface area contributed by atoms with Crippen LogP contribution in [0.3, 0.4) is 0 Å². The summed E-state index contributed by atoms with van der Waals surface area (Å²) in [5, 5.41) is 3.79. The van der Waals surface area contributed by atoms with E-state index < -0.39 is 0 Å². The number of nitrogens with zero attached hydrogens (tertiary/aromatic N) is 1. The summed E-state index contributed by atoms with van der Waals surface area (Å²) >= 11 is 0. The Hall–Kier alpha value is -0.0800. The molecule has 2 nitrogen and oxygen atoms in total. The van der Waals surface area contributed by atoms with E-state index in [2.05, 4.69) is 24.1 Å². The van der Waals surface area contributed by atoms with E-state index in [9.17, 15) is 0 Å². The zero-order valence-electron chi connectivity index (χ0n) is 10.8. The van der Waals surface area contributed by atoms with E-state index in [-0.39, 0.29) is 0 Å². The first-order valence-electron chi connectivity index (χ1n) is 7.24. The molecule has 0 aromatic carbocycles. The van der Waals surface area contributed by atoms with Crippen LogP contribution in [0.25, 0.3) is 0 Å². The average molecular weight is 222 g/mol. The molecule has 0 radical (unpaired) electrons. The molecule has 0 amide bonds. The van der Waals surface area contributed by atoms with Gasteiger partial charge in [-0.05, 0) is 43.9 Å². The van der Waals surface area contributed by atoms with Crippen molar-refractivity contribution in [3.8, 4) is 0 Å². The van der Waals surface area contributed by atoms with Crippen molar-refractivity contribution in [2.24, 2.45) is 11.8 Å². The molecule has 0 aromatic heterocycles. The van der Waals surface area contributed by atoms with Gasteiger partial charge in [-0.2, -0.15) is 0 Å². The van der Waals surface area contributed by atoms with Gasteiger partial charge >= 0.3 is 0 Å². The molecule has 1 saturated heterocycles. The fourth-order valence-electron chi connectivity index (χ4n) is 3.66. The van der Waals surface area contributed by atoms with Crippen LogP contribution in [0.4, 0.5) is 0 Å². The molecule has 0 bridgehead atoms. The molecule has 16 heavy (non-hydrogen) atoms. The highest BCUT2D eigenvalue weighted by molar-refractivity contribution is 4.94.